The Morgan fingerprint density at radius 1 is 1.53 bits per heavy atom. The van der Waals surface area contributed by atoms with Crippen LogP contribution in [-0.4, -0.2) is 29.2 Å². The second-order valence-electron chi connectivity index (χ2n) is 5.25. The molecule has 0 unspecified atom stereocenters. The molecule has 3 nitrogen and oxygen atoms in total. The van der Waals surface area contributed by atoms with E-state index in [9.17, 15) is 9.50 Å². The van der Waals surface area contributed by atoms with E-state index in [-0.39, 0.29) is 18.5 Å². The van der Waals surface area contributed by atoms with Crippen LogP contribution in [0.1, 0.15) is 30.9 Å². The van der Waals surface area contributed by atoms with E-state index < -0.39 is 0 Å². The van der Waals surface area contributed by atoms with E-state index in [0.717, 1.165) is 19.4 Å². The third-order valence-corrected chi connectivity index (χ3v) is 3.98. The van der Waals surface area contributed by atoms with Gasteiger partial charge in [-0.2, -0.15) is 5.26 Å². The van der Waals surface area contributed by atoms with Gasteiger partial charge in [-0.05, 0) is 49.1 Å². The van der Waals surface area contributed by atoms with Gasteiger partial charge in [-0.15, -0.1) is 0 Å². The second-order valence-corrected chi connectivity index (χ2v) is 5.25. The number of hydrogen-bond acceptors (Lipinski definition) is 3. The van der Waals surface area contributed by atoms with Gasteiger partial charge in [0.25, 0.3) is 0 Å². The summed E-state index contributed by atoms with van der Waals surface area (Å²) in [5, 5.41) is 18.6. The largest absolute Gasteiger partial charge is 0.395 e. The summed E-state index contributed by atoms with van der Waals surface area (Å²) in [5.41, 5.74) is 1.21. The van der Waals surface area contributed by atoms with Crippen molar-refractivity contribution in [2.24, 2.45) is 5.92 Å². The lowest BCUT2D eigenvalue weighted by molar-refractivity contribution is 0.0471. The van der Waals surface area contributed by atoms with E-state index in [1.54, 1.807) is 0 Å². The maximum atomic E-state index is 13.3. The Hall–Kier alpha value is -1.44. The maximum Gasteiger partial charge on any atom is 0.123 e. The van der Waals surface area contributed by atoms with E-state index in [4.69, 9.17) is 5.26 Å². The number of aliphatic hydroxyl groups is 1. The lowest BCUT2D eigenvalue weighted by Crippen LogP contribution is -2.46. The third kappa shape index (κ3) is 3.12. The summed E-state index contributed by atoms with van der Waals surface area (Å²) < 4.78 is 13.3. The van der Waals surface area contributed by atoms with Crippen molar-refractivity contribution in [1.29, 1.82) is 5.26 Å². The predicted octanol–water partition coefficient (Wildman–Crippen LogP) is 2.29. The molecule has 19 heavy (non-hydrogen) atoms. The number of aliphatic hydroxyl groups excluding tert-OH is 1. The minimum Gasteiger partial charge on any atom is -0.395 e. The molecule has 1 aliphatic heterocycles. The van der Waals surface area contributed by atoms with Crippen molar-refractivity contribution in [2.45, 2.75) is 32.4 Å². The quantitative estimate of drug-likeness (QED) is 0.909. The average Bonchev–Trinajstić information content (AvgIpc) is 2.39. The van der Waals surface area contributed by atoms with Gasteiger partial charge < -0.3 is 5.11 Å². The van der Waals surface area contributed by atoms with Crippen LogP contribution < -0.4 is 0 Å². The normalized spacial score (nSPS) is 24.1. The van der Waals surface area contributed by atoms with Crippen LogP contribution in [0.2, 0.25) is 0 Å². The number of benzene rings is 1. The van der Waals surface area contributed by atoms with Crippen molar-refractivity contribution >= 4 is 0 Å². The molecule has 4 heteroatoms. The van der Waals surface area contributed by atoms with Crippen molar-refractivity contribution in [3.05, 3.63) is 35.1 Å². The Morgan fingerprint density at radius 2 is 2.32 bits per heavy atom. The molecule has 0 aliphatic carbocycles. The highest BCUT2D eigenvalue weighted by atomic mass is 19.1. The third-order valence-electron chi connectivity index (χ3n) is 3.98. The summed E-state index contributed by atoms with van der Waals surface area (Å²) in [6.45, 7) is 3.65. The first-order valence-electron chi connectivity index (χ1n) is 6.69. The fraction of sp³-hybridized carbons (Fsp3) is 0.533. The molecule has 1 saturated heterocycles. The van der Waals surface area contributed by atoms with Crippen LogP contribution in [0, 0.1) is 23.1 Å². The van der Waals surface area contributed by atoms with Gasteiger partial charge >= 0.3 is 0 Å². The zero-order chi connectivity index (χ0) is 13.8. The molecule has 0 radical (unpaired) electrons. The molecule has 1 aliphatic rings. The van der Waals surface area contributed by atoms with Crippen LogP contribution in [0.25, 0.3) is 0 Å². The van der Waals surface area contributed by atoms with Gasteiger partial charge in [-0.1, -0.05) is 6.92 Å². The summed E-state index contributed by atoms with van der Waals surface area (Å²) in [7, 11) is 0. The molecule has 102 valence electrons. The fourth-order valence-corrected chi connectivity index (χ4v) is 2.85. The Balaban J connectivity index is 2.20. The number of piperidine rings is 1. The first-order valence-corrected chi connectivity index (χ1v) is 6.69. The number of rotatable bonds is 3. The lowest BCUT2D eigenvalue weighted by Gasteiger charge is -2.39. The molecule has 2 rings (SSSR count). The van der Waals surface area contributed by atoms with Crippen LogP contribution in [0.3, 0.4) is 0 Å². The summed E-state index contributed by atoms with van der Waals surface area (Å²) >= 11 is 0. The first kappa shape index (κ1) is 14.0. The van der Waals surface area contributed by atoms with E-state index in [2.05, 4.69) is 17.9 Å². The summed E-state index contributed by atoms with van der Waals surface area (Å²) in [6, 6.07) is 6.45. The molecule has 2 atom stereocenters. The highest BCUT2D eigenvalue weighted by molar-refractivity contribution is 5.37. The summed E-state index contributed by atoms with van der Waals surface area (Å²) in [4.78, 5) is 2.16. The van der Waals surface area contributed by atoms with Gasteiger partial charge in [0.2, 0.25) is 0 Å². The van der Waals surface area contributed by atoms with Crippen LogP contribution in [0.4, 0.5) is 4.39 Å². The molecule has 1 aromatic rings. The molecule has 0 aromatic heterocycles. The van der Waals surface area contributed by atoms with Gasteiger partial charge in [0.15, 0.2) is 0 Å². The lowest BCUT2D eigenvalue weighted by atomic mass is 9.90. The monoisotopic (exact) mass is 262 g/mol. The Labute approximate surface area is 113 Å². The standard InChI is InChI=1S/C15H19FN2O/c1-11-3-2-6-18(15(11)10-19)9-13-7-14(16)5-4-12(13)8-17/h4-5,7,11,15,19H,2-3,6,9-10H2,1H3/t11-,15-/m1/s1. The number of nitrogens with zero attached hydrogens (tertiary/aromatic N) is 2. The first-order chi connectivity index (χ1) is 9.15. The Morgan fingerprint density at radius 3 is 3.00 bits per heavy atom. The molecule has 1 N–H and O–H groups in total. The van der Waals surface area contributed by atoms with Crippen molar-refractivity contribution < 1.29 is 9.50 Å². The maximum absolute atomic E-state index is 13.3. The van der Waals surface area contributed by atoms with E-state index in [1.165, 1.54) is 18.2 Å². The average molecular weight is 262 g/mol. The minimum atomic E-state index is -0.320. The smallest absolute Gasteiger partial charge is 0.123 e. The zero-order valence-electron chi connectivity index (χ0n) is 11.1. The summed E-state index contributed by atoms with van der Waals surface area (Å²) in [5.74, 6) is 0.109. The molecule has 0 saturated carbocycles. The van der Waals surface area contributed by atoms with Crippen LogP contribution in [0.5, 0.6) is 0 Å². The van der Waals surface area contributed by atoms with Gasteiger partial charge in [-0.3, -0.25) is 4.90 Å². The Kier molecular flexibility index (Phi) is 4.52. The van der Waals surface area contributed by atoms with Crippen molar-refractivity contribution in [2.75, 3.05) is 13.2 Å². The van der Waals surface area contributed by atoms with E-state index in [0.29, 0.717) is 23.6 Å². The number of halogens is 1. The minimum absolute atomic E-state index is 0.101. The molecule has 1 heterocycles. The number of hydrogen-bond donors (Lipinski definition) is 1. The van der Waals surface area contributed by atoms with Crippen molar-refractivity contribution in [3.63, 3.8) is 0 Å². The molecular weight excluding hydrogens is 243 g/mol. The highest BCUT2D eigenvalue weighted by Crippen LogP contribution is 2.25. The van der Waals surface area contributed by atoms with Crippen LogP contribution in [0.15, 0.2) is 18.2 Å². The fourth-order valence-electron chi connectivity index (χ4n) is 2.85. The number of nitriles is 1. The molecule has 0 spiro atoms. The Bertz CT molecular complexity index is 484. The van der Waals surface area contributed by atoms with E-state index >= 15 is 0 Å². The number of likely N-dealkylation sites (tertiary alicyclic amines) is 1. The van der Waals surface area contributed by atoms with E-state index in [1.807, 2.05) is 0 Å². The molecule has 1 aromatic carbocycles. The molecule has 0 bridgehead atoms. The van der Waals surface area contributed by atoms with Crippen LogP contribution in [-0.2, 0) is 6.54 Å². The van der Waals surface area contributed by atoms with Gasteiger partial charge in [0.05, 0.1) is 18.2 Å². The zero-order valence-corrected chi connectivity index (χ0v) is 11.1. The second kappa shape index (κ2) is 6.14. The molecular formula is C15H19FN2O. The predicted molar refractivity (Wildman–Crippen MR) is 70.8 cm³/mol. The van der Waals surface area contributed by atoms with Crippen molar-refractivity contribution in [3.8, 4) is 6.07 Å². The van der Waals surface area contributed by atoms with Gasteiger partial charge in [0, 0.05) is 12.6 Å². The molecule has 0 amide bonds. The highest BCUT2D eigenvalue weighted by Gasteiger charge is 2.28. The van der Waals surface area contributed by atoms with Crippen molar-refractivity contribution in [1.82, 2.24) is 4.90 Å². The van der Waals surface area contributed by atoms with Crippen LogP contribution >= 0.6 is 0 Å². The molecule has 1 fully saturated rings. The topological polar surface area (TPSA) is 47.3 Å². The van der Waals surface area contributed by atoms with Gasteiger partial charge in [0.1, 0.15) is 5.82 Å². The van der Waals surface area contributed by atoms with Gasteiger partial charge in [-0.25, -0.2) is 4.39 Å². The summed E-state index contributed by atoms with van der Waals surface area (Å²) in [6.07, 6.45) is 2.19. The SMILES string of the molecule is C[C@@H]1CCCN(Cc2cc(F)ccc2C#N)[C@@H]1CO.